The highest BCUT2D eigenvalue weighted by Crippen LogP contribution is 2.28. The van der Waals surface area contributed by atoms with E-state index in [1.807, 2.05) is 34.9 Å². The molecular formula is C23H21ClN4O3S. The minimum absolute atomic E-state index is 0.0829. The van der Waals surface area contributed by atoms with Crippen molar-refractivity contribution in [1.29, 1.82) is 0 Å². The van der Waals surface area contributed by atoms with E-state index in [4.69, 9.17) is 26.1 Å². The highest BCUT2D eigenvalue weighted by molar-refractivity contribution is 7.98. The number of nitrogens with one attached hydrogen (secondary N) is 1. The summed E-state index contributed by atoms with van der Waals surface area (Å²) in [7, 11) is 3.13. The maximum absolute atomic E-state index is 12.9. The number of hydrogen-bond donors (Lipinski definition) is 1. The number of amides is 1. The summed E-state index contributed by atoms with van der Waals surface area (Å²) in [6.45, 7) is 0.0829. The van der Waals surface area contributed by atoms with Crippen LogP contribution in [0.1, 0.15) is 5.56 Å². The lowest BCUT2D eigenvalue weighted by Gasteiger charge is -2.12. The molecule has 0 radical (unpaired) electrons. The molecule has 0 bridgehead atoms. The summed E-state index contributed by atoms with van der Waals surface area (Å²) in [5, 5.41) is 4.33. The van der Waals surface area contributed by atoms with Crippen LogP contribution in [0.3, 0.4) is 0 Å². The van der Waals surface area contributed by atoms with Crippen molar-refractivity contribution >= 4 is 46.0 Å². The van der Waals surface area contributed by atoms with Crippen LogP contribution in [-0.4, -0.2) is 34.7 Å². The molecule has 0 aliphatic rings. The Bertz CT molecular complexity index is 1240. The van der Waals surface area contributed by atoms with Gasteiger partial charge in [0.2, 0.25) is 5.91 Å². The van der Waals surface area contributed by atoms with Crippen LogP contribution in [0.25, 0.3) is 11.0 Å². The number of methoxy groups -OCH3 is 2. The number of carbonyl (C=O) groups excluding carboxylic acids is 1. The van der Waals surface area contributed by atoms with Gasteiger partial charge in [0.25, 0.3) is 0 Å². The van der Waals surface area contributed by atoms with E-state index in [1.54, 1.807) is 56.6 Å². The van der Waals surface area contributed by atoms with Gasteiger partial charge in [-0.15, -0.1) is 0 Å². The zero-order chi connectivity index (χ0) is 22.5. The molecule has 0 unspecified atom stereocenters. The molecule has 4 rings (SSSR count). The first-order chi connectivity index (χ1) is 15.6. The molecule has 0 atom stereocenters. The Hall–Kier alpha value is -3.23. The third kappa shape index (κ3) is 5.15. The maximum Gasteiger partial charge on any atom is 0.244 e. The summed E-state index contributed by atoms with van der Waals surface area (Å²) in [4.78, 5) is 21.8. The zero-order valence-electron chi connectivity index (χ0n) is 17.5. The summed E-state index contributed by atoms with van der Waals surface area (Å²) < 4.78 is 12.4. The van der Waals surface area contributed by atoms with Crippen LogP contribution in [0.5, 0.6) is 11.5 Å². The Morgan fingerprint density at radius 1 is 1.12 bits per heavy atom. The predicted octanol–water partition coefficient (Wildman–Crippen LogP) is 5.03. The number of halogens is 1. The number of hydrogen-bond acceptors (Lipinski definition) is 6. The van der Waals surface area contributed by atoms with Gasteiger partial charge in [0.15, 0.2) is 5.16 Å². The molecule has 4 aromatic rings. The second kappa shape index (κ2) is 9.93. The van der Waals surface area contributed by atoms with E-state index in [9.17, 15) is 4.79 Å². The predicted molar refractivity (Wildman–Crippen MR) is 127 cm³/mol. The van der Waals surface area contributed by atoms with Crippen LogP contribution < -0.4 is 14.8 Å². The van der Waals surface area contributed by atoms with Crippen molar-refractivity contribution in [2.75, 3.05) is 19.5 Å². The van der Waals surface area contributed by atoms with Gasteiger partial charge in [-0.2, -0.15) is 0 Å². The molecule has 0 fully saturated rings. The van der Waals surface area contributed by atoms with Gasteiger partial charge < -0.3 is 19.4 Å². The third-order valence-corrected chi connectivity index (χ3v) is 5.99. The minimum Gasteiger partial charge on any atom is -0.497 e. The highest BCUT2D eigenvalue weighted by Gasteiger charge is 2.15. The van der Waals surface area contributed by atoms with Crippen LogP contribution in [0.15, 0.2) is 66.1 Å². The first-order valence-electron chi connectivity index (χ1n) is 9.76. The van der Waals surface area contributed by atoms with Gasteiger partial charge in [-0.1, -0.05) is 35.5 Å². The van der Waals surface area contributed by atoms with E-state index in [0.29, 0.717) is 28.0 Å². The average molecular weight is 469 g/mol. The van der Waals surface area contributed by atoms with E-state index in [2.05, 4.69) is 10.3 Å². The van der Waals surface area contributed by atoms with Gasteiger partial charge in [0.1, 0.15) is 18.0 Å². The molecule has 9 heteroatoms. The summed E-state index contributed by atoms with van der Waals surface area (Å²) in [5.41, 5.74) is 3.23. The Balaban J connectivity index is 1.56. The Morgan fingerprint density at radius 3 is 2.62 bits per heavy atom. The number of fused-ring (bicyclic) bond motifs is 1. The van der Waals surface area contributed by atoms with Crippen molar-refractivity contribution in [3.8, 4) is 11.5 Å². The molecule has 164 valence electrons. The van der Waals surface area contributed by atoms with Crippen LogP contribution >= 0.6 is 23.4 Å². The SMILES string of the molecule is COc1cc(NC(=O)Cn2c(SCc3cccc(Cl)c3)nc3ccncc32)cc(OC)c1. The topological polar surface area (TPSA) is 78.3 Å². The second-order valence-electron chi connectivity index (χ2n) is 6.91. The monoisotopic (exact) mass is 468 g/mol. The average Bonchev–Trinajstić information content (AvgIpc) is 3.14. The van der Waals surface area contributed by atoms with Crippen LogP contribution in [0, 0.1) is 0 Å². The van der Waals surface area contributed by atoms with Crippen molar-refractivity contribution in [2.24, 2.45) is 0 Å². The fraction of sp³-hybridized carbons (Fsp3) is 0.174. The van der Waals surface area contributed by atoms with Gasteiger partial charge in [-0.25, -0.2) is 4.98 Å². The van der Waals surface area contributed by atoms with Gasteiger partial charge >= 0.3 is 0 Å². The highest BCUT2D eigenvalue weighted by atomic mass is 35.5. The lowest BCUT2D eigenvalue weighted by atomic mass is 10.2. The fourth-order valence-electron chi connectivity index (χ4n) is 3.21. The zero-order valence-corrected chi connectivity index (χ0v) is 19.1. The standard InChI is InChI=1S/C23H21ClN4O3S/c1-30-18-9-17(10-19(11-18)31-2)26-22(29)13-28-21-12-25-7-6-20(21)27-23(28)32-14-15-4-3-5-16(24)8-15/h3-12H,13-14H2,1-2H3,(H,26,29). The number of rotatable bonds is 8. The van der Waals surface area contributed by atoms with Gasteiger partial charge in [-0.3, -0.25) is 9.78 Å². The van der Waals surface area contributed by atoms with Crippen LogP contribution in [0.4, 0.5) is 5.69 Å². The van der Waals surface area contributed by atoms with Crippen molar-refractivity contribution in [3.05, 3.63) is 71.5 Å². The number of ether oxygens (including phenoxy) is 2. The first kappa shape index (κ1) is 22.0. The molecule has 0 saturated carbocycles. The summed E-state index contributed by atoms with van der Waals surface area (Å²) in [6.07, 6.45) is 3.40. The number of thioether (sulfide) groups is 1. The van der Waals surface area contributed by atoms with Crippen molar-refractivity contribution < 1.29 is 14.3 Å². The number of pyridine rings is 1. The van der Waals surface area contributed by atoms with E-state index in [1.165, 1.54) is 0 Å². The quantitative estimate of drug-likeness (QED) is 0.365. The minimum atomic E-state index is -0.201. The van der Waals surface area contributed by atoms with Gasteiger partial charge in [0.05, 0.1) is 31.4 Å². The molecule has 0 aliphatic heterocycles. The lowest BCUT2D eigenvalue weighted by Crippen LogP contribution is -2.19. The molecule has 2 aromatic heterocycles. The number of aromatic nitrogens is 3. The van der Waals surface area contributed by atoms with Gasteiger partial charge in [-0.05, 0) is 23.8 Å². The summed E-state index contributed by atoms with van der Waals surface area (Å²) in [6, 6.07) is 14.7. The maximum atomic E-state index is 12.9. The molecule has 0 spiro atoms. The largest absolute Gasteiger partial charge is 0.497 e. The number of imidazole rings is 1. The normalized spacial score (nSPS) is 10.8. The molecule has 0 saturated heterocycles. The van der Waals surface area contributed by atoms with E-state index in [0.717, 1.165) is 21.8 Å². The molecule has 1 N–H and O–H groups in total. The second-order valence-corrected chi connectivity index (χ2v) is 8.29. The molecular weight excluding hydrogens is 448 g/mol. The van der Waals surface area contributed by atoms with E-state index in [-0.39, 0.29) is 12.5 Å². The van der Waals surface area contributed by atoms with Crippen LogP contribution in [-0.2, 0) is 17.1 Å². The van der Waals surface area contributed by atoms with E-state index >= 15 is 0 Å². The number of benzene rings is 2. The molecule has 1 amide bonds. The smallest absolute Gasteiger partial charge is 0.244 e. The van der Waals surface area contributed by atoms with Crippen molar-refractivity contribution in [2.45, 2.75) is 17.5 Å². The lowest BCUT2D eigenvalue weighted by molar-refractivity contribution is -0.116. The first-order valence-corrected chi connectivity index (χ1v) is 11.1. The number of nitrogens with zero attached hydrogens (tertiary/aromatic N) is 3. The molecule has 32 heavy (non-hydrogen) atoms. The molecule has 2 aromatic carbocycles. The molecule has 2 heterocycles. The Kier molecular flexibility index (Phi) is 6.82. The number of anilines is 1. The van der Waals surface area contributed by atoms with Gasteiger partial charge in [0, 0.05) is 40.9 Å². The van der Waals surface area contributed by atoms with Crippen LogP contribution in [0.2, 0.25) is 5.02 Å². The molecule has 7 nitrogen and oxygen atoms in total. The Labute approximate surface area is 194 Å². The fourth-order valence-corrected chi connectivity index (χ4v) is 4.38. The summed E-state index contributed by atoms with van der Waals surface area (Å²) in [5.74, 6) is 1.66. The van der Waals surface area contributed by atoms with Crippen molar-refractivity contribution in [3.63, 3.8) is 0 Å². The summed E-state index contributed by atoms with van der Waals surface area (Å²) >= 11 is 7.64. The van der Waals surface area contributed by atoms with Crippen molar-refractivity contribution in [1.82, 2.24) is 14.5 Å². The third-order valence-electron chi connectivity index (χ3n) is 4.71. The number of carbonyl (C=O) groups is 1. The Morgan fingerprint density at radius 2 is 1.91 bits per heavy atom. The molecule has 0 aliphatic carbocycles. The van der Waals surface area contributed by atoms with E-state index < -0.39 is 0 Å².